The van der Waals surface area contributed by atoms with Crippen LogP contribution in [-0.2, 0) is 19.5 Å². The molecule has 15 heavy (non-hydrogen) atoms. The van der Waals surface area contributed by atoms with Crippen LogP contribution in [0.5, 0.6) is 0 Å². The van der Waals surface area contributed by atoms with Gasteiger partial charge in [-0.05, 0) is 12.5 Å². The number of nitrogens with zero attached hydrogens (tertiary/aromatic N) is 2. The van der Waals surface area contributed by atoms with Crippen LogP contribution in [0, 0.1) is 0 Å². The highest BCUT2D eigenvalue weighted by Gasteiger charge is 2.01. The summed E-state index contributed by atoms with van der Waals surface area (Å²) in [6.07, 6.45) is 2.64. The maximum atomic E-state index is 5.14. The number of nitrogens with one attached hydrogen (secondary N) is 2. The fourth-order valence-electron chi connectivity index (χ4n) is 1.31. The van der Waals surface area contributed by atoms with Crippen molar-refractivity contribution in [2.75, 3.05) is 0 Å². The maximum Gasteiger partial charge on any atom is 0.150 e. The van der Waals surface area contributed by atoms with E-state index in [1.165, 1.54) is 0 Å². The molecule has 0 radical (unpaired) electrons. The number of aryl methyl sites for hydroxylation is 1. The number of hydrogen-bond acceptors (Lipinski definition) is 4. The fraction of sp³-hybridized carbons (Fsp3) is 0.400. The van der Waals surface area contributed by atoms with E-state index >= 15 is 0 Å². The monoisotopic (exact) mass is 206 g/mol. The summed E-state index contributed by atoms with van der Waals surface area (Å²) >= 11 is 0. The van der Waals surface area contributed by atoms with Crippen molar-refractivity contribution in [2.45, 2.75) is 26.4 Å². The Balaban J connectivity index is 1.78. The van der Waals surface area contributed by atoms with Crippen molar-refractivity contribution < 1.29 is 4.52 Å². The molecule has 0 aliphatic carbocycles. The average molecular weight is 206 g/mol. The summed E-state index contributed by atoms with van der Waals surface area (Å²) in [5, 5.41) is 13.9. The van der Waals surface area contributed by atoms with Crippen molar-refractivity contribution in [3.63, 3.8) is 0 Å². The molecule has 0 fully saturated rings. The third kappa shape index (κ3) is 2.66. The van der Waals surface area contributed by atoms with Gasteiger partial charge in [0.1, 0.15) is 0 Å². The summed E-state index contributed by atoms with van der Waals surface area (Å²) in [5.41, 5.74) is 2.05. The van der Waals surface area contributed by atoms with E-state index in [9.17, 15) is 0 Å². The largest absolute Gasteiger partial charge is 0.360 e. The van der Waals surface area contributed by atoms with Crippen molar-refractivity contribution in [2.24, 2.45) is 0 Å². The summed E-state index contributed by atoms with van der Waals surface area (Å²) in [6, 6.07) is 3.91. The van der Waals surface area contributed by atoms with Crippen molar-refractivity contribution in [1.29, 1.82) is 0 Å². The van der Waals surface area contributed by atoms with Gasteiger partial charge in [0.05, 0.1) is 12.2 Å². The molecule has 0 bridgehead atoms. The third-order valence-electron chi connectivity index (χ3n) is 2.14. The molecule has 5 nitrogen and oxygen atoms in total. The molecule has 5 heteroatoms. The Labute approximate surface area is 87.9 Å². The van der Waals surface area contributed by atoms with Crippen LogP contribution in [0.15, 0.2) is 22.9 Å². The van der Waals surface area contributed by atoms with Gasteiger partial charge in [-0.25, -0.2) is 0 Å². The van der Waals surface area contributed by atoms with E-state index in [0.717, 1.165) is 30.1 Å². The van der Waals surface area contributed by atoms with Gasteiger partial charge in [0.25, 0.3) is 0 Å². The second-order valence-electron chi connectivity index (χ2n) is 3.32. The lowest BCUT2D eigenvalue weighted by Crippen LogP contribution is -2.12. The summed E-state index contributed by atoms with van der Waals surface area (Å²) in [7, 11) is 0. The van der Waals surface area contributed by atoms with Gasteiger partial charge in [-0.2, -0.15) is 5.10 Å². The standard InChI is InChI=1S/C10H14N4O/c1-2-8-5-10(15-14-8)7-11-6-9-3-4-12-13-9/h3-5,11H,2,6-7H2,1H3,(H,12,13). The first-order valence-corrected chi connectivity index (χ1v) is 5.02. The minimum absolute atomic E-state index is 0.687. The molecular weight excluding hydrogens is 192 g/mol. The second-order valence-corrected chi connectivity index (χ2v) is 3.32. The minimum atomic E-state index is 0.687. The van der Waals surface area contributed by atoms with Gasteiger partial charge in [0.2, 0.25) is 0 Å². The number of aromatic nitrogens is 3. The van der Waals surface area contributed by atoms with Crippen LogP contribution in [0.3, 0.4) is 0 Å². The van der Waals surface area contributed by atoms with E-state index in [1.807, 2.05) is 12.1 Å². The van der Waals surface area contributed by atoms with Crippen LogP contribution >= 0.6 is 0 Å². The molecule has 0 aliphatic rings. The molecule has 2 N–H and O–H groups in total. The van der Waals surface area contributed by atoms with E-state index in [4.69, 9.17) is 4.52 Å². The lowest BCUT2D eigenvalue weighted by atomic mass is 10.3. The average Bonchev–Trinajstić information content (AvgIpc) is 2.88. The normalized spacial score (nSPS) is 10.7. The summed E-state index contributed by atoms with van der Waals surface area (Å²) in [4.78, 5) is 0. The number of aromatic amines is 1. The SMILES string of the molecule is CCc1cc(CNCc2ccn[nH]2)on1. The maximum absolute atomic E-state index is 5.14. The minimum Gasteiger partial charge on any atom is -0.360 e. The first-order valence-electron chi connectivity index (χ1n) is 5.02. The summed E-state index contributed by atoms with van der Waals surface area (Å²) in [5.74, 6) is 0.867. The molecule has 2 aromatic heterocycles. The van der Waals surface area contributed by atoms with Crippen molar-refractivity contribution >= 4 is 0 Å². The van der Waals surface area contributed by atoms with Gasteiger partial charge in [-0.1, -0.05) is 12.1 Å². The predicted octanol–water partition coefficient (Wildman–Crippen LogP) is 1.25. The highest BCUT2D eigenvalue weighted by atomic mass is 16.5. The molecule has 0 atom stereocenters. The zero-order valence-electron chi connectivity index (χ0n) is 8.66. The lowest BCUT2D eigenvalue weighted by Gasteiger charge is -1.98. The Morgan fingerprint density at radius 1 is 1.47 bits per heavy atom. The zero-order valence-corrected chi connectivity index (χ0v) is 8.66. The van der Waals surface area contributed by atoms with Crippen molar-refractivity contribution in [3.05, 3.63) is 35.5 Å². The van der Waals surface area contributed by atoms with Gasteiger partial charge in [-0.3, -0.25) is 5.10 Å². The number of rotatable bonds is 5. The van der Waals surface area contributed by atoms with Crippen LogP contribution in [0.25, 0.3) is 0 Å². The van der Waals surface area contributed by atoms with Crippen LogP contribution in [0.2, 0.25) is 0 Å². The Bertz CT molecular complexity index is 393. The highest BCUT2D eigenvalue weighted by Crippen LogP contribution is 2.03. The van der Waals surface area contributed by atoms with Gasteiger partial charge < -0.3 is 9.84 Å². The Hall–Kier alpha value is -1.62. The molecule has 2 rings (SSSR count). The van der Waals surface area contributed by atoms with Gasteiger partial charge in [0, 0.05) is 24.5 Å². The lowest BCUT2D eigenvalue weighted by molar-refractivity contribution is 0.367. The van der Waals surface area contributed by atoms with E-state index in [-0.39, 0.29) is 0 Å². The number of H-pyrrole nitrogens is 1. The molecule has 0 aliphatic heterocycles. The van der Waals surface area contributed by atoms with Crippen molar-refractivity contribution in [1.82, 2.24) is 20.7 Å². The van der Waals surface area contributed by atoms with E-state index in [2.05, 4.69) is 27.6 Å². The van der Waals surface area contributed by atoms with Crippen LogP contribution in [0.1, 0.15) is 24.1 Å². The first-order chi connectivity index (χ1) is 7.38. The molecule has 0 unspecified atom stereocenters. The van der Waals surface area contributed by atoms with Gasteiger partial charge >= 0.3 is 0 Å². The third-order valence-corrected chi connectivity index (χ3v) is 2.14. The molecule has 80 valence electrons. The molecule has 0 saturated heterocycles. The second kappa shape index (κ2) is 4.75. The zero-order chi connectivity index (χ0) is 10.5. The van der Waals surface area contributed by atoms with Crippen LogP contribution < -0.4 is 5.32 Å². The quantitative estimate of drug-likeness (QED) is 0.772. The molecule has 2 aromatic rings. The van der Waals surface area contributed by atoms with Crippen molar-refractivity contribution in [3.8, 4) is 0 Å². The molecule has 0 amide bonds. The number of hydrogen-bond donors (Lipinski definition) is 2. The van der Waals surface area contributed by atoms with Crippen LogP contribution in [0.4, 0.5) is 0 Å². The molecule has 2 heterocycles. The highest BCUT2D eigenvalue weighted by molar-refractivity contribution is 5.05. The smallest absolute Gasteiger partial charge is 0.150 e. The summed E-state index contributed by atoms with van der Waals surface area (Å²) < 4.78 is 5.14. The van der Waals surface area contributed by atoms with E-state index in [0.29, 0.717) is 6.54 Å². The first kappa shape index (κ1) is 9.92. The van der Waals surface area contributed by atoms with Gasteiger partial charge in [0.15, 0.2) is 5.76 Å². The molecular formula is C10H14N4O. The van der Waals surface area contributed by atoms with Crippen LogP contribution in [-0.4, -0.2) is 15.4 Å². The topological polar surface area (TPSA) is 66.7 Å². The predicted molar refractivity (Wildman–Crippen MR) is 55.0 cm³/mol. The Morgan fingerprint density at radius 2 is 2.40 bits per heavy atom. The fourth-order valence-corrected chi connectivity index (χ4v) is 1.31. The summed E-state index contributed by atoms with van der Waals surface area (Å²) in [6.45, 7) is 3.49. The molecule has 0 saturated carbocycles. The Morgan fingerprint density at radius 3 is 3.07 bits per heavy atom. The molecule has 0 aromatic carbocycles. The molecule has 0 spiro atoms. The van der Waals surface area contributed by atoms with E-state index in [1.54, 1.807) is 6.20 Å². The Kier molecular flexibility index (Phi) is 3.14. The van der Waals surface area contributed by atoms with E-state index < -0.39 is 0 Å². The van der Waals surface area contributed by atoms with Gasteiger partial charge in [-0.15, -0.1) is 0 Å².